The molecule has 0 aromatic heterocycles. The first-order valence-electron chi connectivity index (χ1n) is 14.4. The Morgan fingerprint density at radius 1 is 0.943 bits per heavy atom. The molecule has 0 bridgehead atoms. The average molecular weight is 501 g/mol. The minimum absolute atomic E-state index is 0.107. The maximum Gasteiger partial charge on any atom is 0.193 e. The van der Waals surface area contributed by atoms with Gasteiger partial charge in [0.05, 0.1) is 18.3 Å². The van der Waals surface area contributed by atoms with Crippen LogP contribution >= 0.6 is 0 Å². The number of fused-ring (bicyclic) bond motifs is 10. The van der Waals surface area contributed by atoms with Crippen LogP contribution in [-0.2, 0) is 4.43 Å². The molecule has 6 rings (SSSR count). The van der Waals surface area contributed by atoms with Crippen molar-refractivity contribution < 1.29 is 19.7 Å². The predicted octanol–water partition coefficient (Wildman–Crippen LogP) is 4.97. The summed E-state index contributed by atoms with van der Waals surface area (Å²) in [4.78, 5) is 0. The Morgan fingerprint density at radius 2 is 1.60 bits per heavy atom. The molecule has 12 atom stereocenters. The molecule has 3 N–H and O–H groups in total. The lowest BCUT2D eigenvalue weighted by Gasteiger charge is -2.64. The van der Waals surface area contributed by atoms with Gasteiger partial charge in [-0.05, 0) is 97.6 Å². The van der Waals surface area contributed by atoms with E-state index in [4.69, 9.17) is 4.43 Å². The normalized spacial score (nSPS) is 55.9. The van der Waals surface area contributed by atoms with Crippen molar-refractivity contribution in [2.75, 3.05) is 6.61 Å². The maximum absolute atomic E-state index is 12.2. The fourth-order valence-electron chi connectivity index (χ4n) is 10.0. The Hall–Kier alpha value is -0.383. The van der Waals surface area contributed by atoms with Crippen LogP contribution in [0.25, 0.3) is 0 Å². The Labute approximate surface area is 213 Å². The zero-order valence-electron chi connectivity index (χ0n) is 23.0. The van der Waals surface area contributed by atoms with Gasteiger partial charge in [-0.1, -0.05) is 46.5 Å². The molecule has 0 spiro atoms. The number of rotatable bonds is 2. The van der Waals surface area contributed by atoms with Crippen molar-refractivity contribution in [2.24, 2.45) is 52.3 Å². The largest absolute Gasteiger partial charge is 0.406 e. The standard InChI is InChI=1S/C30H48O4Si/c1-26(2,3)35(6,7)34-14-8-11-29(32)23-16-20(23)25-24-19-15-22(19)30(33)17-18(31)9-12-27(30,4)21(24)10-13-28(25,29)5/h18-25,31-33H,9-10,12-17H2,1-7H3/t18-,19?,20+,21?,22+,23?,24?,25?,27+,28-,29-,30+/m0/s1. The minimum atomic E-state index is -1.86. The van der Waals surface area contributed by atoms with Gasteiger partial charge in [0.15, 0.2) is 8.32 Å². The van der Waals surface area contributed by atoms with Gasteiger partial charge >= 0.3 is 0 Å². The third-order valence-corrected chi connectivity index (χ3v) is 17.7. The predicted molar refractivity (Wildman–Crippen MR) is 140 cm³/mol. The summed E-state index contributed by atoms with van der Waals surface area (Å²) in [6.45, 7) is 16.4. The molecule has 196 valence electrons. The Morgan fingerprint density at radius 3 is 2.29 bits per heavy atom. The first kappa shape index (κ1) is 24.9. The molecule has 0 amide bonds. The highest BCUT2D eigenvalue weighted by Gasteiger charge is 2.81. The zero-order valence-corrected chi connectivity index (χ0v) is 24.0. The SMILES string of the molecule is CC(C)(C)[Si](C)(C)OCC#C[C@]1(O)C2C[C@H]2C2C3C4C[C@H]4[C@]4(O)C[C@@H](O)CC[C@]4(C)C3CC[C@@]21C. The van der Waals surface area contributed by atoms with Gasteiger partial charge in [-0.25, -0.2) is 0 Å². The number of hydrogen-bond donors (Lipinski definition) is 3. The van der Waals surface area contributed by atoms with Crippen molar-refractivity contribution in [2.45, 2.75) is 115 Å². The van der Waals surface area contributed by atoms with E-state index >= 15 is 0 Å². The van der Waals surface area contributed by atoms with E-state index in [0.717, 1.165) is 38.5 Å². The molecule has 5 heteroatoms. The summed E-state index contributed by atoms with van der Waals surface area (Å²) in [5, 5.41) is 34.8. The molecule has 0 heterocycles. The van der Waals surface area contributed by atoms with Crippen LogP contribution in [0.3, 0.4) is 0 Å². The van der Waals surface area contributed by atoms with E-state index in [2.05, 4.69) is 59.6 Å². The van der Waals surface area contributed by atoms with Crippen molar-refractivity contribution >= 4 is 8.32 Å². The van der Waals surface area contributed by atoms with E-state index in [0.29, 0.717) is 54.5 Å². The number of aliphatic hydroxyl groups excluding tert-OH is 1. The van der Waals surface area contributed by atoms with Crippen molar-refractivity contribution in [3.05, 3.63) is 0 Å². The summed E-state index contributed by atoms with van der Waals surface area (Å²) in [7, 11) is -1.86. The fraction of sp³-hybridized carbons (Fsp3) is 0.933. The van der Waals surface area contributed by atoms with Crippen molar-refractivity contribution in [3.8, 4) is 11.8 Å². The van der Waals surface area contributed by atoms with Crippen LogP contribution in [0, 0.1) is 64.1 Å². The zero-order chi connectivity index (χ0) is 25.4. The van der Waals surface area contributed by atoms with E-state index in [1.165, 1.54) is 0 Å². The summed E-state index contributed by atoms with van der Waals surface area (Å²) in [6, 6.07) is 0. The number of aliphatic hydroxyl groups is 3. The van der Waals surface area contributed by atoms with Gasteiger partial charge in [0.1, 0.15) is 5.60 Å². The highest BCUT2D eigenvalue weighted by atomic mass is 28.4. The van der Waals surface area contributed by atoms with Gasteiger partial charge in [0.2, 0.25) is 0 Å². The van der Waals surface area contributed by atoms with Crippen molar-refractivity contribution in [3.63, 3.8) is 0 Å². The molecule has 35 heavy (non-hydrogen) atoms. The molecule has 0 aromatic carbocycles. The Balaban J connectivity index is 1.27. The molecule has 0 radical (unpaired) electrons. The van der Waals surface area contributed by atoms with E-state index in [1.807, 2.05) is 0 Å². The monoisotopic (exact) mass is 500 g/mol. The fourth-order valence-corrected chi connectivity index (χ4v) is 10.9. The lowest BCUT2D eigenvalue weighted by Crippen LogP contribution is -2.65. The molecule has 6 aliphatic carbocycles. The second-order valence-corrected chi connectivity index (χ2v) is 20.3. The maximum atomic E-state index is 12.2. The third kappa shape index (κ3) is 3.07. The molecule has 6 fully saturated rings. The van der Waals surface area contributed by atoms with E-state index in [1.54, 1.807) is 0 Å². The topological polar surface area (TPSA) is 69.9 Å². The molecule has 6 saturated carbocycles. The highest BCUT2D eigenvalue weighted by Crippen LogP contribution is 2.81. The first-order valence-corrected chi connectivity index (χ1v) is 17.3. The second kappa shape index (κ2) is 7.17. The molecule has 0 aromatic rings. The third-order valence-electron chi connectivity index (χ3n) is 13.2. The Bertz CT molecular complexity index is 977. The second-order valence-electron chi connectivity index (χ2n) is 15.5. The molecule has 6 aliphatic rings. The van der Waals surface area contributed by atoms with E-state index < -0.39 is 19.5 Å². The Kier molecular flexibility index (Phi) is 5.11. The van der Waals surface area contributed by atoms with Crippen molar-refractivity contribution in [1.82, 2.24) is 0 Å². The van der Waals surface area contributed by atoms with Gasteiger partial charge in [0, 0.05) is 17.8 Å². The lowest BCUT2D eigenvalue weighted by molar-refractivity contribution is -0.233. The van der Waals surface area contributed by atoms with Crippen LogP contribution in [0.15, 0.2) is 0 Å². The summed E-state index contributed by atoms with van der Waals surface area (Å²) in [5.74, 6) is 10.1. The van der Waals surface area contributed by atoms with Gasteiger partial charge in [-0.2, -0.15) is 0 Å². The van der Waals surface area contributed by atoms with Crippen LogP contribution < -0.4 is 0 Å². The van der Waals surface area contributed by atoms with Gasteiger partial charge < -0.3 is 19.7 Å². The van der Waals surface area contributed by atoms with Gasteiger partial charge in [-0.15, -0.1) is 0 Å². The molecule has 0 saturated heterocycles. The molecule has 5 unspecified atom stereocenters. The smallest absolute Gasteiger partial charge is 0.193 e. The number of hydrogen-bond acceptors (Lipinski definition) is 4. The summed E-state index contributed by atoms with van der Waals surface area (Å²) < 4.78 is 6.32. The summed E-state index contributed by atoms with van der Waals surface area (Å²) in [5.41, 5.74) is -1.89. The van der Waals surface area contributed by atoms with Crippen LogP contribution in [-0.4, -0.2) is 47.5 Å². The summed E-state index contributed by atoms with van der Waals surface area (Å²) >= 11 is 0. The average Bonchev–Trinajstić information content (AvgIpc) is 3.65. The van der Waals surface area contributed by atoms with Crippen LogP contribution in [0.1, 0.15) is 79.6 Å². The quantitative estimate of drug-likeness (QED) is 0.370. The summed E-state index contributed by atoms with van der Waals surface area (Å²) in [6.07, 6.45) is 6.23. The van der Waals surface area contributed by atoms with Gasteiger partial charge in [0.25, 0.3) is 0 Å². The minimum Gasteiger partial charge on any atom is -0.406 e. The molecular formula is C30H48O4Si. The first-order chi connectivity index (χ1) is 16.1. The van der Waals surface area contributed by atoms with E-state index in [9.17, 15) is 15.3 Å². The van der Waals surface area contributed by atoms with Gasteiger partial charge in [-0.3, -0.25) is 0 Å². The molecular weight excluding hydrogens is 452 g/mol. The lowest BCUT2D eigenvalue weighted by atomic mass is 9.42. The molecule has 0 aliphatic heterocycles. The van der Waals surface area contributed by atoms with E-state index in [-0.39, 0.29) is 22.0 Å². The highest BCUT2D eigenvalue weighted by molar-refractivity contribution is 6.74. The van der Waals surface area contributed by atoms with Crippen LogP contribution in [0.2, 0.25) is 18.1 Å². The van der Waals surface area contributed by atoms with Crippen LogP contribution in [0.4, 0.5) is 0 Å². The molecule has 4 nitrogen and oxygen atoms in total. The van der Waals surface area contributed by atoms with Crippen LogP contribution in [0.5, 0.6) is 0 Å². The van der Waals surface area contributed by atoms with Crippen molar-refractivity contribution in [1.29, 1.82) is 0 Å².